The summed E-state index contributed by atoms with van der Waals surface area (Å²) in [6.45, 7) is 16.7. The predicted molar refractivity (Wildman–Crippen MR) is 200 cm³/mol. The second-order valence-corrected chi connectivity index (χ2v) is 16.3. The lowest BCUT2D eigenvalue weighted by molar-refractivity contribution is -0.166. The van der Waals surface area contributed by atoms with E-state index in [1.807, 2.05) is 84.9 Å². The second-order valence-electron chi connectivity index (χ2n) is 14.8. The molecule has 0 unspecified atom stereocenters. The standard InChI is InChI=1S/C39H45ClN4O5S/c1-9-47-36(45)33(48-38(3,4)5)30-22(2)20-29-34(31(30)23-10-13-26(40)14-11-23)50-35(41-29)25-12-15-28-27(21-25)32(43-42-28)24-16-18-44(19-17-24)37(46)49-39(6,7)8/h10-15,20-21,24,33H,9,16-19H2,1-8H3,(H,42,43)/t33-/m0/s1. The number of aryl methyl sites for hydroxylation is 1. The SMILES string of the molecule is CCOC(=O)[C@@H](OC(C)(C)C)c1c(C)cc2nc(-c3ccc4n[nH]c(C5CCN(C(=O)OC(C)(C)C)CC5)c4c3)sc2c1-c1ccc(Cl)cc1. The first kappa shape index (κ1) is 35.8. The minimum atomic E-state index is -0.942. The van der Waals surface area contributed by atoms with E-state index in [1.54, 1.807) is 23.2 Å². The van der Waals surface area contributed by atoms with Gasteiger partial charge in [-0.25, -0.2) is 14.6 Å². The Balaban J connectivity index is 1.41. The predicted octanol–water partition coefficient (Wildman–Crippen LogP) is 10.0. The number of amides is 1. The zero-order valence-electron chi connectivity index (χ0n) is 30.0. The highest BCUT2D eigenvalue weighted by Gasteiger charge is 2.34. The Morgan fingerprint density at radius 2 is 1.66 bits per heavy atom. The van der Waals surface area contributed by atoms with Gasteiger partial charge in [-0.2, -0.15) is 5.10 Å². The van der Waals surface area contributed by atoms with Gasteiger partial charge in [0, 0.05) is 51.8 Å². The molecular weight excluding hydrogens is 672 g/mol. The quantitative estimate of drug-likeness (QED) is 0.167. The van der Waals surface area contributed by atoms with E-state index in [4.69, 9.17) is 30.8 Å². The minimum Gasteiger partial charge on any atom is -0.464 e. The molecule has 6 rings (SSSR count). The number of hydrogen-bond acceptors (Lipinski definition) is 8. The summed E-state index contributed by atoms with van der Waals surface area (Å²) < 4.78 is 18.5. The first-order valence-electron chi connectivity index (χ1n) is 17.1. The molecule has 0 bridgehead atoms. The molecule has 1 amide bonds. The highest BCUT2D eigenvalue weighted by molar-refractivity contribution is 7.22. The highest BCUT2D eigenvalue weighted by Crippen LogP contribution is 2.45. The van der Waals surface area contributed by atoms with Gasteiger partial charge in [0.25, 0.3) is 0 Å². The summed E-state index contributed by atoms with van der Waals surface area (Å²) >= 11 is 7.91. The molecule has 11 heteroatoms. The van der Waals surface area contributed by atoms with Crippen LogP contribution in [0.4, 0.5) is 4.79 Å². The lowest BCUT2D eigenvalue weighted by atomic mass is 9.91. The van der Waals surface area contributed by atoms with Crippen molar-refractivity contribution in [1.82, 2.24) is 20.1 Å². The molecule has 1 saturated heterocycles. The van der Waals surface area contributed by atoms with Gasteiger partial charge in [-0.15, -0.1) is 11.3 Å². The fourth-order valence-electron chi connectivity index (χ4n) is 6.52. The van der Waals surface area contributed by atoms with Crippen LogP contribution in [0.1, 0.15) is 90.2 Å². The van der Waals surface area contributed by atoms with Crippen molar-refractivity contribution in [3.05, 3.63) is 70.4 Å². The average Bonchev–Trinajstić information content (AvgIpc) is 3.66. The molecule has 1 atom stereocenters. The summed E-state index contributed by atoms with van der Waals surface area (Å²) in [6, 6.07) is 15.9. The van der Waals surface area contributed by atoms with E-state index in [9.17, 15) is 9.59 Å². The van der Waals surface area contributed by atoms with Gasteiger partial charge in [-0.1, -0.05) is 23.7 Å². The largest absolute Gasteiger partial charge is 0.464 e. The van der Waals surface area contributed by atoms with Gasteiger partial charge in [0.05, 0.1) is 27.9 Å². The number of H-pyrrole nitrogens is 1. The highest BCUT2D eigenvalue weighted by atomic mass is 35.5. The molecule has 1 fully saturated rings. The van der Waals surface area contributed by atoms with Crippen LogP contribution in [0.15, 0.2) is 48.5 Å². The van der Waals surface area contributed by atoms with Gasteiger partial charge < -0.3 is 19.1 Å². The number of nitrogens with zero attached hydrogens (tertiary/aromatic N) is 3. The second kappa shape index (κ2) is 14.0. The lowest BCUT2D eigenvalue weighted by Crippen LogP contribution is -2.41. The average molecular weight is 717 g/mol. The normalized spacial score (nSPS) is 15.1. The van der Waals surface area contributed by atoms with Crippen LogP contribution in [0.3, 0.4) is 0 Å². The Bertz CT molecular complexity index is 2030. The molecule has 1 aliphatic heterocycles. The van der Waals surface area contributed by atoms with Gasteiger partial charge in [-0.05, 0) is 116 Å². The fourth-order valence-corrected chi connectivity index (χ4v) is 7.77. The van der Waals surface area contributed by atoms with Gasteiger partial charge in [0.15, 0.2) is 6.10 Å². The van der Waals surface area contributed by atoms with Crippen molar-refractivity contribution in [1.29, 1.82) is 0 Å². The minimum absolute atomic E-state index is 0.230. The molecule has 50 heavy (non-hydrogen) atoms. The van der Waals surface area contributed by atoms with Crippen LogP contribution in [0.2, 0.25) is 5.02 Å². The molecule has 3 aromatic carbocycles. The number of piperidine rings is 1. The Kier molecular flexibility index (Phi) is 10.0. The topological polar surface area (TPSA) is 107 Å². The van der Waals surface area contributed by atoms with Crippen LogP contribution in [-0.2, 0) is 19.0 Å². The number of esters is 1. The number of aromatic nitrogens is 3. The number of nitrogens with one attached hydrogen (secondary N) is 1. The molecule has 0 spiro atoms. The van der Waals surface area contributed by atoms with E-state index in [2.05, 4.69) is 22.3 Å². The number of rotatable bonds is 7. The van der Waals surface area contributed by atoms with Crippen molar-refractivity contribution in [3.8, 4) is 21.7 Å². The number of carbonyl (C=O) groups excluding carboxylic acids is 2. The summed E-state index contributed by atoms with van der Waals surface area (Å²) in [5.41, 5.74) is 6.05. The maximum Gasteiger partial charge on any atom is 0.410 e. The van der Waals surface area contributed by atoms with Crippen molar-refractivity contribution in [2.45, 2.75) is 91.5 Å². The van der Waals surface area contributed by atoms with Crippen LogP contribution in [0.25, 0.3) is 42.8 Å². The van der Waals surface area contributed by atoms with E-state index >= 15 is 0 Å². The third-order valence-corrected chi connectivity index (χ3v) is 10.1. The molecule has 3 heterocycles. The Morgan fingerprint density at radius 1 is 0.980 bits per heavy atom. The third-order valence-electron chi connectivity index (χ3n) is 8.68. The number of fused-ring (bicyclic) bond motifs is 2. The number of carbonyl (C=O) groups is 2. The first-order chi connectivity index (χ1) is 23.6. The molecule has 0 aliphatic carbocycles. The zero-order chi connectivity index (χ0) is 36.0. The van der Waals surface area contributed by atoms with Crippen molar-refractivity contribution >= 4 is 56.1 Å². The third kappa shape index (κ3) is 7.67. The van der Waals surface area contributed by atoms with Gasteiger partial charge in [-0.3, -0.25) is 5.10 Å². The smallest absolute Gasteiger partial charge is 0.410 e. The number of hydrogen-bond donors (Lipinski definition) is 1. The molecule has 9 nitrogen and oxygen atoms in total. The van der Waals surface area contributed by atoms with E-state index in [-0.39, 0.29) is 18.6 Å². The molecule has 0 radical (unpaired) electrons. The number of benzene rings is 3. The van der Waals surface area contributed by atoms with Crippen molar-refractivity contribution in [2.75, 3.05) is 19.7 Å². The van der Waals surface area contributed by atoms with Gasteiger partial charge >= 0.3 is 12.1 Å². The number of halogens is 1. The van der Waals surface area contributed by atoms with Crippen LogP contribution < -0.4 is 0 Å². The van der Waals surface area contributed by atoms with Crippen molar-refractivity contribution < 1.29 is 23.8 Å². The lowest BCUT2D eigenvalue weighted by Gasteiger charge is -2.33. The summed E-state index contributed by atoms with van der Waals surface area (Å²) in [5, 5.41) is 10.4. The molecule has 2 aromatic heterocycles. The summed E-state index contributed by atoms with van der Waals surface area (Å²) in [4.78, 5) is 33.1. The van der Waals surface area contributed by atoms with Crippen LogP contribution in [0, 0.1) is 6.92 Å². The number of aromatic amines is 1. The van der Waals surface area contributed by atoms with Crippen LogP contribution in [0.5, 0.6) is 0 Å². The number of likely N-dealkylation sites (tertiary alicyclic amines) is 1. The number of thiazole rings is 1. The Hall–Kier alpha value is -3.99. The summed E-state index contributed by atoms with van der Waals surface area (Å²) in [6.07, 6.45) is 0.417. The van der Waals surface area contributed by atoms with Crippen molar-refractivity contribution in [2.24, 2.45) is 0 Å². The maximum absolute atomic E-state index is 13.5. The van der Waals surface area contributed by atoms with Crippen molar-refractivity contribution in [3.63, 3.8) is 0 Å². The molecule has 1 aliphatic rings. The molecule has 1 N–H and O–H groups in total. The molecular formula is C39H45ClN4O5S. The Morgan fingerprint density at radius 3 is 2.30 bits per heavy atom. The van der Waals surface area contributed by atoms with E-state index in [0.29, 0.717) is 18.1 Å². The molecule has 5 aromatic rings. The number of ether oxygens (including phenoxy) is 3. The molecule has 264 valence electrons. The monoisotopic (exact) mass is 716 g/mol. The zero-order valence-corrected chi connectivity index (χ0v) is 31.6. The van der Waals surface area contributed by atoms with E-state index in [0.717, 1.165) is 72.5 Å². The van der Waals surface area contributed by atoms with E-state index in [1.165, 1.54) is 0 Å². The van der Waals surface area contributed by atoms with Gasteiger partial charge in [0.2, 0.25) is 0 Å². The molecule has 0 saturated carbocycles. The fraction of sp³-hybridized carbons (Fsp3) is 0.436. The van der Waals surface area contributed by atoms with Crippen LogP contribution >= 0.6 is 22.9 Å². The maximum atomic E-state index is 13.5. The summed E-state index contributed by atoms with van der Waals surface area (Å²) in [7, 11) is 0. The first-order valence-corrected chi connectivity index (χ1v) is 18.3. The van der Waals surface area contributed by atoms with Gasteiger partial charge in [0.1, 0.15) is 10.6 Å². The van der Waals surface area contributed by atoms with E-state index < -0.39 is 23.3 Å². The Labute approximate surface area is 302 Å². The van der Waals surface area contributed by atoms with Crippen LogP contribution in [-0.4, -0.2) is 63.0 Å². The summed E-state index contributed by atoms with van der Waals surface area (Å²) in [5.74, 6) is -0.201.